The van der Waals surface area contributed by atoms with Crippen molar-refractivity contribution in [1.82, 2.24) is 10.3 Å². The summed E-state index contributed by atoms with van der Waals surface area (Å²) in [7, 11) is 0. The molecule has 5 nitrogen and oxygen atoms in total. The standard InChI is InChI=1S/C13H19FN2O.C13H18FNO.CH4/c14-12-5-2-1-4-11(12)8-13(10-17)6-3-7-16(15)9-13;14-12-5-2-1-4-11(12)8-13(10-16)6-3-7-15-9-13;/h1-2,4-5,17H,3,6-10,15H2;1-2,4-5,15-16H,3,6-10H2;1H4. The summed E-state index contributed by atoms with van der Waals surface area (Å²) < 4.78 is 27.2. The van der Waals surface area contributed by atoms with Crippen LogP contribution in [0.4, 0.5) is 8.78 Å². The number of nitrogens with one attached hydrogen (secondary N) is 1. The Kier molecular flexibility index (Phi) is 11.1. The molecule has 0 bridgehead atoms. The van der Waals surface area contributed by atoms with E-state index in [4.69, 9.17) is 5.84 Å². The lowest BCUT2D eigenvalue weighted by molar-refractivity contribution is 0.0316. The van der Waals surface area contributed by atoms with E-state index in [1.54, 1.807) is 29.3 Å². The molecule has 4 rings (SSSR count). The molecule has 0 amide bonds. The molecule has 2 atom stereocenters. The predicted octanol–water partition coefficient (Wildman–Crippen LogP) is 3.68. The van der Waals surface area contributed by atoms with Crippen LogP contribution in [0, 0.1) is 22.5 Å². The van der Waals surface area contributed by atoms with Crippen molar-refractivity contribution in [2.75, 3.05) is 39.4 Å². The van der Waals surface area contributed by atoms with Gasteiger partial charge in [0.25, 0.3) is 0 Å². The molecular formula is C27H41F2N3O2. The van der Waals surface area contributed by atoms with E-state index in [0.29, 0.717) is 30.5 Å². The second-order valence-corrected chi connectivity index (χ2v) is 9.71. The van der Waals surface area contributed by atoms with Crippen molar-refractivity contribution in [2.45, 2.75) is 46.0 Å². The molecular weight excluding hydrogens is 436 g/mol. The molecule has 2 saturated heterocycles. The van der Waals surface area contributed by atoms with Crippen LogP contribution in [0.5, 0.6) is 0 Å². The lowest BCUT2D eigenvalue weighted by Crippen LogP contribution is -2.49. The van der Waals surface area contributed by atoms with Gasteiger partial charge in [-0.05, 0) is 68.3 Å². The first-order valence-corrected chi connectivity index (χ1v) is 11.8. The molecule has 5 N–H and O–H groups in total. The average Bonchev–Trinajstić information content (AvgIpc) is 2.83. The van der Waals surface area contributed by atoms with Gasteiger partial charge in [-0.15, -0.1) is 0 Å². The zero-order valence-corrected chi connectivity index (χ0v) is 19.3. The minimum absolute atomic E-state index is 0. The maximum atomic E-state index is 13.6. The number of piperidine rings is 2. The number of rotatable bonds is 6. The maximum absolute atomic E-state index is 13.6. The second kappa shape index (κ2) is 13.3. The first-order valence-electron chi connectivity index (χ1n) is 11.8. The van der Waals surface area contributed by atoms with E-state index in [0.717, 1.165) is 45.3 Å². The van der Waals surface area contributed by atoms with Crippen LogP contribution in [-0.2, 0) is 12.8 Å². The number of hydrogen-bond acceptors (Lipinski definition) is 5. The minimum atomic E-state index is -0.296. The van der Waals surface area contributed by atoms with Crippen molar-refractivity contribution in [3.05, 3.63) is 71.3 Å². The topological polar surface area (TPSA) is 81.8 Å². The molecule has 7 heteroatoms. The predicted molar refractivity (Wildman–Crippen MR) is 133 cm³/mol. The number of hydrogen-bond donors (Lipinski definition) is 4. The zero-order chi connectivity index (χ0) is 23.7. The van der Waals surface area contributed by atoms with E-state index in [1.165, 1.54) is 12.1 Å². The molecule has 2 fully saturated rings. The fraction of sp³-hybridized carbons (Fsp3) is 0.556. The summed E-state index contributed by atoms with van der Waals surface area (Å²) >= 11 is 0. The summed E-state index contributed by atoms with van der Waals surface area (Å²) in [6.45, 7) is 3.41. The highest BCUT2D eigenvalue weighted by molar-refractivity contribution is 5.20. The van der Waals surface area contributed by atoms with E-state index in [9.17, 15) is 19.0 Å². The largest absolute Gasteiger partial charge is 0.396 e. The number of aliphatic hydroxyl groups is 2. The summed E-state index contributed by atoms with van der Waals surface area (Å²) in [6, 6.07) is 13.6. The molecule has 2 unspecified atom stereocenters. The van der Waals surface area contributed by atoms with Gasteiger partial charge in [0.2, 0.25) is 0 Å². The van der Waals surface area contributed by atoms with Gasteiger partial charge in [0, 0.05) is 30.5 Å². The fourth-order valence-corrected chi connectivity index (χ4v) is 5.04. The third-order valence-corrected chi connectivity index (χ3v) is 6.97. The van der Waals surface area contributed by atoms with Crippen LogP contribution < -0.4 is 11.2 Å². The molecule has 0 radical (unpaired) electrons. The normalized spacial score (nSPS) is 25.1. The fourth-order valence-electron chi connectivity index (χ4n) is 5.04. The lowest BCUT2D eigenvalue weighted by atomic mass is 9.76. The molecule has 0 spiro atoms. The Morgan fingerprint density at radius 2 is 1.38 bits per heavy atom. The van der Waals surface area contributed by atoms with Crippen LogP contribution in [0.3, 0.4) is 0 Å². The molecule has 2 heterocycles. The van der Waals surface area contributed by atoms with E-state index in [1.807, 2.05) is 12.1 Å². The number of aliphatic hydroxyl groups excluding tert-OH is 2. The van der Waals surface area contributed by atoms with Crippen molar-refractivity contribution in [1.29, 1.82) is 0 Å². The number of halogens is 2. The van der Waals surface area contributed by atoms with Crippen LogP contribution in [0.2, 0.25) is 0 Å². The zero-order valence-electron chi connectivity index (χ0n) is 19.3. The van der Waals surface area contributed by atoms with Gasteiger partial charge in [0.15, 0.2) is 0 Å². The monoisotopic (exact) mass is 477 g/mol. The van der Waals surface area contributed by atoms with Crippen molar-refractivity contribution in [3.8, 4) is 0 Å². The summed E-state index contributed by atoms with van der Waals surface area (Å²) in [5.74, 6) is 5.44. The van der Waals surface area contributed by atoms with Crippen molar-refractivity contribution < 1.29 is 19.0 Å². The minimum Gasteiger partial charge on any atom is -0.396 e. The molecule has 2 aliphatic heterocycles. The SMILES string of the molecule is C.NN1CCCC(CO)(Cc2ccccc2F)C1.OCC1(Cc2ccccc2F)CCCNC1. The first kappa shape index (κ1) is 28.3. The van der Waals surface area contributed by atoms with Gasteiger partial charge in [0.05, 0.1) is 13.2 Å². The molecule has 0 saturated carbocycles. The van der Waals surface area contributed by atoms with Crippen molar-refractivity contribution in [3.63, 3.8) is 0 Å². The molecule has 0 aliphatic carbocycles. The highest BCUT2D eigenvalue weighted by Gasteiger charge is 2.35. The molecule has 2 aromatic rings. The number of benzene rings is 2. The van der Waals surface area contributed by atoms with Crippen LogP contribution in [0.25, 0.3) is 0 Å². The molecule has 2 aliphatic rings. The van der Waals surface area contributed by atoms with Gasteiger partial charge in [-0.1, -0.05) is 43.8 Å². The molecule has 2 aromatic carbocycles. The summed E-state index contributed by atoms with van der Waals surface area (Å²) in [6.07, 6.45) is 5.02. The van der Waals surface area contributed by atoms with Gasteiger partial charge in [-0.25, -0.2) is 13.8 Å². The quantitative estimate of drug-likeness (QED) is 0.477. The Bertz CT molecular complexity index is 876. The maximum Gasteiger partial charge on any atom is 0.126 e. The van der Waals surface area contributed by atoms with Crippen LogP contribution >= 0.6 is 0 Å². The van der Waals surface area contributed by atoms with E-state index >= 15 is 0 Å². The average molecular weight is 478 g/mol. The second-order valence-electron chi connectivity index (χ2n) is 9.71. The number of hydrazine groups is 1. The molecule has 0 aromatic heterocycles. The van der Waals surface area contributed by atoms with Crippen molar-refractivity contribution in [2.24, 2.45) is 16.7 Å². The molecule has 34 heavy (non-hydrogen) atoms. The van der Waals surface area contributed by atoms with Crippen LogP contribution in [0.1, 0.15) is 44.2 Å². The number of nitrogens with zero attached hydrogens (tertiary/aromatic N) is 1. The third kappa shape index (κ3) is 7.55. The highest BCUT2D eigenvalue weighted by atomic mass is 19.1. The van der Waals surface area contributed by atoms with Crippen molar-refractivity contribution >= 4 is 0 Å². The van der Waals surface area contributed by atoms with E-state index < -0.39 is 0 Å². The van der Waals surface area contributed by atoms with E-state index in [2.05, 4.69) is 5.32 Å². The highest BCUT2D eigenvalue weighted by Crippen LogP contribution is 2.33. The van der Waals surface area contributed by atoms with Gasteiger partial charge in [-0.2, -0.15) is 0 Å². The smallest absolute Gasteiger partial charge is 0.126 e. The van der Waals surface area contributed by atoms with Gasteiger partial charge >= 0.3 is 0 Å². The Labute approximate surface area is 203 Å². The van der Waals surface area contributed by atoms with E-state index in [-0.39, 0.29) is 43.1 Å². The lowest BCUT2D eigenvalue weighted by Gasteiger charge is -2.40. The van der Waals surface area contributed by atoms with Gasteiger partial charge < -0.3 is 15.5 Å². The van der Waals surface area contributed by atoms with Crippen LogP contribution in [-0.4, -0.2) is 54.6 Å². The summed E-state index contributed by atoms with van der Waals surface area (Å²) in [4.78, 5) is 0. The van der Waals surface area contributed by atoms with Crippen LogP contribution in [0.15, 0.2) is 48.5 Å². The van der Waals surface area contributed by atoms with Gasteiger partial charge in [0.1, 0.15) is 11.6 Å². The summed E-state index contributed by atoms with van der Waals surface area (Å²) in [5.41, 5.74) is 0.896. The summed E-state index contributed by atoms with van der Waals surface area (Å²) in [5, 5.41) is 24.1. The Morgan fingerprint density at radius 3 is 1.85 bits per heavy atom. The Balaban J connectivity index is 0.000000234. The molecule has 190 valence electrons. The Morgan fingerprint density at radius 1 is 0.853 bits per heavy atom. The third-order valence-electron chi connectivity index (χ3n) is 6.97. The first-order chi connectivity index (χ1) is 15.9. The number of nitrogens with two attached hydrogens (primary N) is 1. The van der Waals surface area contributed by atoms with Gasteiger partial charge in [-0.3, -0.25) is 5.84 Å². The Hall–Kier alpha value is -1.90.